The van der Waals surface area contributed by atoms with E-state index in [2.05, 4.69) is 4.98 Å². The van der Waals surface area contributed by atoms with Crippen molar-refractivity contribution in [1.29, 1.82) is 0 Å². The molecule has 0 unspecified atom stereocenters. The van der Waals surface area contributed by atoms with E-state index in [0.29, 0.717) is 36.6 Å². The van der Waals surface area contributed by atoms with Crippen LogP contribution in [0.1, 0.15) is 46.8 Å². The van der Waals surface area contributed by atoms with Crippen LogP contribution in [-0.4, -0.2) is 37.1 Å². The van der Waals surface area contributed by atoms with Crippen LogP contribution in [0.15, 0.2) is 0 Å². The van der Waals surface area contributed by atoms with Crippen molar-refractivity contribution in [2.24, 2.45) is 0 Å². The fourth-order valence-corrected chi connectivity index (χ4v) is 4.98. The number of nitrogens with zero attached hydrogens (tertiary/aromatic N) is 1. The summed E-state index contributed by atoms with van der Waals surface area (Å²) in [6.07, 6.45) is 2.22. The fourth-order valence-electron chi connectivity index (χ4n) is 3.61. The largest absolute Gasteiger partial charge is 0.465 e. The smallest absolute Gasteiger partial charge is 0.341 e. The van der Waals surface area contributed by atoms with E-state index in [1.807, 2.05) is 13.8 Å². The maximum absolute atomic E-state index is 12.1. The molecule has 0 amide bonds. The lowest BCUT2D eigenvalue weighted by atomic mass is 9.90. The van der Waals surface area contributed by atoms with Crippen molar-refractivity contribution in [2.45, 2.75) is 45.8 Å². The van der Waals surface area contributed by atoms with Crippen LogP contribution in [0.25, 0.3) is 10.2 Å². The quantitative estimate of drug-likeness (QED) is 0.648. The zero-order valence-electron chi connectivity index (χ0n) is 15.1. The number of carbonyl (C=O) groups is 1. The summed E-state index contributed by atoms with van der Waals surface area (Å²) in [6.45, 7) is 6.95. The second-order valence-electron chi connectivity index (χ2n) is 6.11. The third-order valence-corrected chi connectivity index (χ3v) is 5.76. The maximum atomic E-state index is 12.1. The highest BCUT2D eigenvalue weighted by molar-refractivity contribution is 7.19. The van der Waals surface area contributed by atoms with Crippen molar-refractivity contribution in [2.75, 3.05) is 26.1 Å². The average molecular weight is 364 g/mol. The highest BCUT2D eigenvalue weighted by atomic mass is 32.1. The Kier molecular flexibility index (Phi) is 4.99. The van der Waals surface area contributed by atoms with Crippen molar-refractivity contribution in [1.82, 2.24) is 4.98 Å². The zero-order valence-corrected chi connectivity index (χ0v) is 15.9. The van der Waals surface area contributed by atoms with Crippen LogP contribution >= 0.6 is 11.3 Å². The van der Waals surface area contributed by atoms with Gasteiger partial charge in [-0.2, -0.15) is 0 Å². The van der Waals surface area contributed by atoms with Gasteiger partial charge in [-0.05, 0) is 32.8 Å². The molecule has 3 rings (SSSR count). The number of ether oxygens (including phenoxy) is 3. The predicted octanol–water partition coefficient (Wildman–Crippen LogP) is 3.23. The Labute approximate surface area is 151 Å². The van der Waals surface area contributed by atoms with Crippen molar-refractivity contribution < 1.29 is 19.0 Å². The van der Waals surface area contributed by atoms with Gasteiger partial charge in [-0.3, -0.25) is 0 Å². The van der Waals surface area contributed by atoms with E-state index in [1.165, 1.54) is 12.0 Å². The number of aryl methyl sites for hydroxylation is 2. The molecule has 7 heteroatoms. The molecule has 2 heterocycles. The topological polar surface area (TPSA) is 83.7 Å². The van der Waals surface area contributed by atoms with Crippen LogP contribution < -0.4 is 5.73 Å². The molecule has 6 nitrogen and oxygen atoms in total. The summed E-state index contributed by atoms with van der Waals surface area (Å²) in [4.78, 5) is 18.7. The third-order valence-electron chi connectivity index (χ3n) is 4.63. The standard InChI is InChI=1S/C18H24N2O4S/c1-5-23-18(24-6-2)8-7-11-12(9-18)25-16-14(11)15(19)13(10(3)20-16)17(21)22-4/h5-9H2,1-4H3,(H2,19,20). The van der Waals surface area contributed by atoms with E-state index >= 15 is 0 Å². The van der Waals surface area contributed by atoms with Gasteiger partial charge in [0.2, 0.25) is 0 Å². The van der Waals surface area contributed by atoms with Gasteiger partial charge in [0.05, 0.1) is 18.5 Å². The average Bonchev–Trinajstić information content (AvgIpc) is 2.92. The highest BCUT2D eigenvalue weighted by Gasteiger charge is 2.38. The van der Waals surface area contributed by atoms with Crippen LogP contribution in [0.4, 0.5) is 5.69 Å². The predicted molar refractivity (Wildman–Crippen MR) is 98.1 cm³/mol. The number of anilines is 1. The monoisotopic (exact) mass is 364 g/mol. The number of pyridine rings is 1. The molecule has 0 radical (unpaired) electrons. The lowest BCUT2D eigenvalue weighted by Crippen LogP contribution is -2.41. The summed E-state index contributed by atoms with van der Waals surface area (Å²) >= 11 is 1.61. The molecule has 25 heavy (non-hydrogen) atoms. The number of thiophene rings is 1. The molecule has 0 bridgehead atoms. The van der Waals surface area contributed by atoms with Crippen LogP contribution in [-0.2, 0) is 27.1 Å². The van der Waals surface area contributed by atoms with Crippen LogP contribution in [0.5, 0.6) is 0 Å². The number of methoxy groups -OCH3 is 1. The Bertz CT molecular complexity index is 809. The van der Waals surface area contributed by atoms with E-state index in [0.717, 1.165) is 28.6 Å². The second-order valence-corrected chi connectivity index (χ2v) is 7.20. The molecule has 0 aromatic carbocycles. The molecule has 0 spiro atoms. The molecule has 0 saturated heterocycles. The van der Waals surface area contributed by atoms with Crippen molar-refractivity contribution in [3.8, 4) is 0 Å². The lowest BCUT2D eigenvalue weighted by molar-refractivity contribution is -0.237. The van der Waals surface area contributed by atoms with Gasteiger partial charge in [0.1, 0.15) is 10.4 Å². The molecular weight excluding hydrogens is 340 g/mol. The summed E-state index contributed by atoms with van der Waals surface area (Å²) in [6, 6.07) is 0. The minimum Gasteiger partial charge on any atom is -0.465 e. The first-order valence-corrected chi connectivity index (χ1v) is 9.34. The third kappa shape index (κ3) is 3.01. The van der Waals surface area contributed by atoms with Gasteiger partial charge in [0.15, 0.2) is 5.79 Å². The molecule has 2 N–H and O–H groups in total. The Morgan fingerprint density at radius 2 is 2.00 bits per heavy atom. The summed E-state index contributed by atoms with van der Waals surface area (Å²) in [7, 11) is 1.35. The minimum atomic E-state index is -0.577. The summed E-state index contributed by atoms with van der Waals surface area (Å²) in [5.41, 5.74) is 8.93. The Morgan fingerprint density at radius 3 is 2.60 bits per heavy atom. The van der Waals surface area contributed by atoms with Gasteiger partial charge in [-0.25, -0.2) is 9.78 Å². The summed E-state index contributed by atoms with van der Waals surface area (Å²) < 4.78 is 16.8. The number of nitrogens with two attached hydrogens (primary N) is 1. The van der Waals surface area contributed by atoms with Gasteiger partial charge >= 0.3 is 5.97 Å². The number of hydrogen-bond donors (Lipinski definition) is 1. The summed E-state index contributed by atoms with van der Waals surface area (Å²) in [5, 5.41) is 0.882. The van der Waals surface area contributed by atoms with Crippen molar-refractivity contribution >= 4 is 33.2 Å². The van der Waals surface area contributed by atoms with E-state index in [4.69, 9.17) is 19.9 Å². The number of esters is 1. The number of aromatic nitrogens is 1. The molecule has 0 atom stereocenters. The molecule has 0 saturated carbocycles. The first-order valence-electron chi connectivity index (χ1n) is 8.52. The van der Waals surface area contributed by atoms with Gasteiger partial charge in [0, 0.05) is 36.3 Å². The molecule has 0 fully saturated rings. The Hall–Kier alpha value is -1.70. The molecule has 136 valence electrons. The van der Waals surface area contributed by atoms with Gasteiger partial charge in [0.25, 0.3) is 0 Å². The Morgan fingerprint density at radius 1 is 1.32 bits per heavy atom. The van der Waals surface area contributed by atoms with Crippen LogP contribution in [0, 0.1) is 6.92 Å². The number of nitrogen functional groups attached to an aromatic ring is 1. The highest BCUT2D eigenvalue weighted by Crippen LogP contribution is 2.43. The van der Waals surface area contributed by atoms with E-state index in [9.17, 15) is 4.79 Å². The zero-order chi connectivity index (χ0) is 18.2. The molecular formula is C18H24N2O4S. The minimum absolute atomic E-state index is 0.363. The second kappa shape index (κ2) is 6.90. The van der Waals surface area contributed by atoms with Crippen LogP contribution in [0.2, 0.25) is 0 Å². The molecule has 2 aromatic heterocycles. The maximum Gasteiger partial charge on any atom is 0.341 e. The molecule has 0 aliphatic heterocycles. The SMILES string of the molecule is CCOC1(OCC)CCc2c(sc3nc(C)c(C(=O)OC)c(N)c23)C1. The molecule has 1 aliphatic rings. The number of rotatable bonds is 5. The lowest BCUT2D eigenvalue weighted by Gasteiger charge is -2.36. The van der Waals surface area contributed by atoms with Crippen molar-refractivity contribution in [3.63, 3.8) is 0 Å². The Balaban J connectivity index is 2.12. The van der Waals surface area contributed by atoms with Gasteiger partial charge < -0.3 is 19.9 Å². The van der Waals surface area contributed by atoms with Crippen LogP contribution in [0.3, 0.4) is 0 Å². The fraction of sp³-hybridized carbons (Fsp3) is 0.556. The van der Waals surface area contributed by atoms with Gasteiger partial charge in [-0.15, -0.1) is 11.3 Å². The number of hydrogen-bond acceptors (Lipinski definition) is 7. The normalized spacial score (nSPS) is 16.0. The van der Waals surface area contributed by atoms with Crippen molar-refractivity contribution in [3.05, 3.63) is 21.7 Å². The first-order chi connectivity index (χ1) is 12.0. The summed E-state index contributed by atoms with van der Waals surface area (Å²) in [5.74, 6) is -1.02. The van der Waals surface area contributed by atoms with E-state index in [1.54, 1.807) is 18.3 Å². The number of carbonyl (C=O) groups excluding carboxylic acids is 1. The van der Waals surface area contributed by atoms with Gasteiger partial charge in [-0.1, -0.05) is 0 Å². The first kappa shape index (κ1) is 18.1. The van der Waals surface area contributed by atoms with E-state index in [-0.39, 0.29) is 0 Å². The molecule has 1 aliphatic carbocycles. The van der Waals surface area contributed by atoms with E-state index < -0.39 is 11.8 Å². The number of fused-ring (bicyclic) bond motifs is 3. The molecule has 2 aromatic rings.